The summed E-state index contributed by atoms with van der Waals surface area (Å²) in [6, 6.07) is 5.30. The number of halogens is 2. The van der Waals surface area contributed by atoms with Gasteiger partial charge in [-0.05, 0) is 19.1 Å². The summed E-state index contributed by atoms with van der Waals surface area (Å²) in [5.74, 6) is -0.159. The first-order chi connectivity index (χ1) is 5.65. The van der Waals surface area contributed by atoms with Gasteiger partial charge in [-0.2, -0.15) is 0 Å². The monoisotopic (exact) mass is 202 g/mol. The lowest BCUT2D eigenvalue weighted by atomic mass is 10.1. The first-order valence-electron chi connectivity index (χ1n) is 3.50. The smallest absolute Gasteiger partial charge is 0.179 e. The van der Waals surface area contributed by atoms with Crippen molar-refractivity contribution in [1.29, 1.82) is 0 Å². The summed E-state index contributed by atoms with van der Waals surface area (Å²) in [6.45, 7) is 1.90. The van der Waals surface area contributed by atoms with E-state index in [4.69, 9.17) is 23.2 Å². The van der Waals surface area contributed by atoms with E-state index in [0.29, 0.717) is 10.6 Å². The van der Waals surface area contributed by atoms with Gasteiger partial charge in [0.25, 0.3) is 0 Å². The molecule has 12 heavy (non-hydrogen) atoms. The average Bonchev–Trinajstić information content (AvgIpc) is 2.08. The maximum atomic E-state index is 11.2. The molecular weight excluding hydrogens is 195 g/mol. The molecule has 0 saturated heterocycles. The van der Waals surface area contributed by atoms with Crippen molar-refractivity contribution in [3.8, 4) is 0 Å². The number of carbonyl (C=O) groups excluding carboxylic acids is 1. The Morgan fingerprint density at radius 2 is 2.17 bits per heavy atom. The molecule has 0 aliphatic rings. The highest BCUT2D eigenvalue weighted by Gasteiger charge is 2.08. The van der Waals surface area contributed by atoms with Gasteiger partial charge in [0, 0.05) is 5.56 Å². The Morgan fingerprint density at radius 3 is 2.75 bits per heavy atom. The normalized spacial score (nSPS) is 9.92. The van der Waals surface area contributed by atoms with Gasteiger partial charge in [-0.3, -0.25) is 4.79 Å². The fraction of sp³-hybridized carbons (Fsp3) is 0.222. The standard InChI is InChI=1S/C9H8Cl2O/c1-6-2-3-8(11)7(4-6)9(12)5-10/h2-4H,5H2,1H3. The molecular formula is C9H8Cl2O. The van der Waals surface area contributed by atoms with E-state index in [1.165, 1.54) is 0 Å². The van der Waals surface area contributed by atoms with Gasteiger partial charge in [0.05, 0.1) is 10.9 Å². The summed E-state index contributed by atoms with van der Waals surface area (Å²) in [6.07, 6.45) is 0. The highest BCUT2D eigenvalue weighted by atomic mass is 35.5. The van der Waals surface area contributed by atoms with Crippen LogP contribution in [0.3, 0.4) is 0 Å². The van der Waals surface area contributed by atoms with Crippen LogP contribution >= 0.6 is 23.2 Å². The number of Topliss-reactive ketones (excluding diaryl/α,β-unsaturated/α-hetero) is 1. The number of hydrogen-bond acceptors (Lipinski definition) is 1. The van der Waals surface area contributed by atoms with Crippen molar-refractivity contribution in [3.05, 3.63) is 34.3 Å². The summed E-state index contributed by atoms with van der Waals surface area (Å²) in [4.78, 5) is 11.2. The molecule has 0 aliphatic heterocycles. The maximum Gasteiger partial charge on any atom is 0.179 e. The van der Waals surface area contributed by atoms with E-state index in [-0.39, 0.29) is 11.7 Å². The molecule has 1 nitrogen and oxygen atoms in total. The van der Waals surface area contributed by atoms with Crippen LogP contribution in [-0.2, 0) is 0 Å². The Kier molecular flexibility index (Phi) is 3.12. The molecule has 1 aromatic rings. The third-order valence-electron chi connectivity index (χ3n) is 1.54. The first-order valence-corrected chi connectivity index (χ1v) is 4.41. The predicted octanol–water partition coefficient (Wildman–Crippen LogP) is 3.07. The lowest BCUT2D eigenvalue weighted by Crippen LogP contribution is -2.01. The minimum atomic E-state index is -0.134. The van der Waals surface area contributed by atoms with E-state index >= 15 is 0 Å². The SMILES string of the molecule is Cc1ccc(Cl)c(C(=O)CCl)c1. The molecule has 1 aromatic carbocycles. The molecule has 0 aromatic heterocycles. The zero-order valence-corrected chi connectivity index (χ0v) is 8.12. The third kappa shape index (κ3) is 1.99. The van der Waals surface area contributed by atoms with Gasteiger partial charge in [0.1, 0.15) is 0 Å². The first kappa shape index (κ1) is 9.56. The minimum Gasteiger partial charge on any atom is -0.293 e. The fourth-order valence-electron chi connectivity index (χ4n) is 0.925. The minimum absolute atomic E-state index is 0.0246. The van der Waals surface area contributed by atoms with Crippen LogP contribution in [0.4, 0.5) is 0 Å². The van der Waals surface area contributed by atoms with Crippen molar-refractivity contribution in [2.75, 3.05) is 5.88 Å². The Bertz CT molecular complexity index is 307. The van der Waals surface area contributed by atoms with Crippen molar-refractivity contribution in [2.45, 2.75) is 6.92 Å². The largest absolute Gasteiger partial charge is 0.293 e. The van der Waals surface area contributed by atoms with Crippen LogP contribution in [0.15, 0.2) is 18.2 Å². The molecule has 0 heterocycles. The molecule has 0 saturated carbocycles. The summed E-state index contributed by atoms with van der Waals surface area (Å²) in [5, 5.41) is 0.464. The summed E-state index contributed by atoms with van der Waals surface area (Å²) >= 11 is 11.2. The lowest BCUT2D eigenvalue weighted by molar-refractivity contribution is 0.102. The van der Waals surface area contributed by atoms with Gasteiger partial charge < -0.3 is 0 Å². The van der Waals surface area contributed by atoms with Crippen LogP contribution in [0.5, 0.6) is 0 Å². The van der Waals surface area contributed by atoms with Crippen molar-refractivity contribution < 1.29 is 4.79 Å². The average molecular weight is 203 g/mol. The van der Waals surface area contributed by atoms with E-state index in [2.05, 4.69) is 0 Å². The van der Waals surface area contributed by atoms with E-state index in [1.807, 2.05) is 13.0 Å². The molecule has 0 spiro atoms. The molecule has 0 unspecified atom stereocenters. The van der Waals surface area contributed by atoms with Gasteiger partial charge in [0.15, 0.2) is 5.78 Å². The van der Waals surface area contributed by atoms with Crippen LogP contribution in [-0.4, -0.2) is 11.7 Å². The van der Waals surface area contributed by atoms with Crippen molar-refractivity contribution in [1.82, 2.24) is 0 Å². The highest BCUT2D eigenvalue weighted by Crippen LogP contribution is 2.18. The number of benzene rings is 1. The van der Waals surface area contributed by atoms with Gasteiger partial charge in [-0.15, -0.1) is 11.6 Å². The molecule has 0 amide bonds. The van der Waals surface area contributed by atoms with Gasteiger partial charge >= 0.3 is 0 Å². The van der Waals surface area contributed by atoms with E-state index in [1.54, 1.807) is 12.1 Å². The number of ketones is 1. The van der Waals surface area contributed by atoms with E-state index < -0.39 is 0 Å². The molecule has 0 bridgehead atoms. The molecule has 1 rings (SSSR count). The molecule has 0 N–H and O–H groups in total. The molecule has 0 aliphatic carbocycles. The van der Waals surface area contributed by atoms with Crippen molar-refractivity contribution in [2.24, 2.45) is 0 Å². The predicted molar refractivity (Wildman–Crippen MR) is 51.2 cm³/mol. The second-order valence-corrected chi connectivity index (χ2v) is 3.21. The zero-order valence-electron chi connectivity index (χ0n) is 6.60. The Labute approximate surface area is 81.3 Å². The number of rotatable bonds is 2. The Morgan fingerprint density at radius 1 is 1.50 bits per heavy atom. The van der Waals surface area contributed by atoms with Gasteiger partial charge in [0.2, 0.25) is 0 Å². The molecule has 0 atom stereocenters. The summed E-state index contributed by atoms with van der Waals surface area (Å²) in [5.41, 5.74) is 1.51. The number of hydrogen-bond donors (Lipinski definition) is 0. The van der Waals surface area contributed by atoms with Crippen LogP contribution in [0, 0.1) is 6.92 Å². The maximum absolute atomic E-state index is 11.2. The second-order valence-electron chi connectivity index (χ2n) is 2.54. The summed E-state index contributed by atoms with van der Waals surface area (Å²) < 4.78 is 0. The molecule has 0 fully saturated rings. The molecule has 0 radical (unpaired) electrons. The lowest BCUT2D eigenvalue weighted by Gasteiger charge is -2.01. The number of aryl methyl sites for hydroxylation is 1. The number of alkyl halides is 1. The third-order valence-corrected chi connectivity index (χ3v) is 2.12. The topological polar surface area (TPSA) is 17.1 Å². The van der Waals surface area contributed by atoms with Crippen LogP contribution < -0.4 is 0 Å². The highest BCUT2D eigenvalue weighted by molar-refractivity contribution is 6.37. The Balaban J connectivity index is 3.13. The second kappa shape index (κ2) is 3.92. The van der Waals surface area contributed by atoms with Crippen LogP contribution in [0.1, 0.15) is 15.9 Å². The van der Waals surface area contributed by atoms with Crippen molar-refractivity contribution >= 4 is 29.0 Å². The van der Waals surface area contributed by atoms with Crippen LogP contribution in [0.25, 0.3) is 0 Å². The fourth-order valence-corrected chi connectivity index (χ4v) is 1.29. The van der Waals surface area contributed by atoms with Gasteiger partial charge in [-0.25, -0.2) is 0 Å². The number of carbonyl (C=O) groups is 1. The Hall–Kier alpha value is -0.530. The van der Waals surface area contributed by atoms with Gasteiger partial charge in [-0.1, -0.05) is 23.2 Å². The zero-order chi connectivity index (χ0) is 9.14. The van der Waals surface area contributed by atoms with Crippen molar-refractivity contribution in [3.63, 3.8) is 0 Å². The van der Waals surface area contributed by atoms with E-state index in [9.17, 15) is 4.79 Å². The molecule has 64 valence electrons. The molecule has 3 heteroatoms. The van der Waals surface area contributed by atoms with E-state index in [0.717, 1.165) is 5.56 Å². The summed E-state index contributed by atoms with van der Waals surface area (Å²) in [7, 11) is 0. The quantitative estimate of drug-likeness (QED) is 0.533. The van der Waals surface area contributed by atoms with Crippen LogP contribution in [0.2, 0.25) is 5.02 Å².